The molecule has 0 spiro atoms. The van der Waals surface area contributed by atoms with Gasteiger partial charge in [-0.2, -0.15) is 0 Å². The maximum atomic E-state index is 13.5. The van der Waals surface area contributed by atoms with Gasteiger partial charge in [0.2, 0.25) is 5.88 Å². The number of carbonyl (C=O) groups excluding carboxylic acids is 1. The van der Waals surface area contributed by atoms with Crippen LogP contribution >= 0.6 is 0 Å². The summed E-state index contributed by atoms with van der Waals surface area (Å²) in [5.74, 6) is 1.60. The predicted octanol–water partition coefficient (Wildman–Crippen LogP) is 4.66. The first-order valence-corrected chi connectivity index (χ1v) is 11.1. The van der Waals surface area contributed by atoms with Crippen LogP contribution in [0.25, 0.3) is 17.0 Å². The quantitative estimate of drug-likeness (QED) is 0.454. The van der Waals surface area contributed by atoms with Crippen LogP contribution in [0, 0.1) is 12.3 Å². The van der Waals surface area contributed by atoms with Crippen LogP contribution in [0.4, 0.5) is 0 Å². The molecule has 0 radical (unpaired) electrons. The maximum absolute atomic E-state index is 13.5. The van der Waals surface area contributed by atoms with E-state index in [1.807, 2.05) is 12.1 Å². The number of Topliss-reactive ketones (excluding diaryl/α,β-unsaturated/α-hetero) is 1. The van der Waals surface area contributed by atoms with E-state index in [0.29, 0.717) is 35.8 Å². The Morgan fingerprint density at radius 3 is 2.58 bits per heavy atom. The molecule has 4 heterocycles. The van der Waals surface area contributed by atoms with E-state index in [-0.39, 0.29) is 17.1 Å². The van der Waals surface area contributed by atoms with Crippen molar-refractivity contribution in [1.82, 2.24) is 24.6 Å². The van der Waals surface area contributed by atoms with Crippen molar-refractivity contribution in [3.05, 3.63) is 83.1 Å². The molecule has 0 amide bonds. The number of hydrogen-bond donors (Lipinski definition) is 0. The van der Waals surface area contributed by atoms with Crippen LogP contribution in [0.5, 0.6) is 5.88 Å². The summed E-state index contributed by atoms with van der Waals surface area (Å²) < 4.78 is 7.97. The second-order valence-corrected chi connectivity index (χ2v) is 9.63. The van der Waals surface area contributed by atoms with Gasteiger partial charge in [-0.05, 0) is 30.0 Å². The lowest BCUT2D eigenvalue weighted by molar-refractivity contribution is -0.118. The third kappa shape index (κ3) is 3.23. The number of ketones is 1. The first-order chi connectivity index (χ1) is 15.9. The van der Waals surface area contributed by atoms with Crippen LogP contribution < -0.4 is 4.74 Å². The van der Waals surface area contributed by atoms with Crippen molar-refractivity contribution in [2.75, 3.05) is 0 Å². The van der Waals surface area contributed by atoms with Crippen molar-refractivity contribution in [3.8, 4) is 17.3 Å². The van der Waals surface area contributed by atoms with Gasteiger partial charge in [-0.1, -0.05) is 43.7 Å². The Hall–Kier alpha value is -3.87. The number of carbonyl (C=O) groups is 1. The summed E-state index contributed by atoms with van der Waals surface area (Å²) in [6.45, 7) is 6.26. The molecule has 6 rings (SSSR count). The van der Waals surface area contributed by atoms with E-state index in [4.69, 9.17) is 9.72 Å². The number of aromatic nitrogens is 5. The summed E-state index contributed by atoms with van der Waals surface area (Å²) in [4.78, 5) is 27.0. The number of fused-ring (bicyclic) bond motifs is 3. The topological polar surface area (TPSA) is 82.3 Å². The Balaban J connectivity index is 1.61. The number of aryl methyl sites for hydroxylation is 1. The minimum absolute atomic E-state index is 0.119. The van der Waals surface area contributed by atoms with Gasteiger partial charge >= 0.3 is 0 Å². The van der Waals surface area contributed by atoms with Crippen molar-refractivity contribution < 1.29 is 9.53 Å². The molecular weight excluding hydrogens is 414 g/mol. The Kier molecular flexibility index (Phi) is 4.24. The van der Waals surface area contributed by atoms with E-state index in [9.17, 15) is 4.79 Å². The lowest BCUT2D eigenvalue weighted by atomic mass is 9.70. The molecule has 0 unspecified atom stereocenters. The molecule has 164 valence electrons. The number of hydrogen-bond acceptors (Lipinski definition) is 6. The average Bonchev–Trinajstić information content (AvgIpc) is 3.23. The van der Waals surface area contributed by atoms with Gasteiger partial charge in [-0.15, -0.1) is 5.10 Å². The standard InChI is InChI=1S/C26H23N5O2/c1-15-4-6-16(7-5-15)20-21-18(32)12-26(2,3)13-19(21)33-25-22(20)24-29-23(30-31(24)14-28-25)17-8-10-27-11-9-17/h4-11,14,20H,12-13H2,1-3H3/t20-/m0/s1. The molecule has 2 aliphatic rings. The average molecular weight is 438 g/mol. The summed E-state index contributed by atoms with van der Waals surface area (Å²) in [5.41, 5.74) is 5.03. The lowest BCUT2D eigenvalue weighted by Gasteiger charge is -2.37. The summed E-state index contributed by atoms with van der Waals surface area (Å²) in [7, 11) is 0. The Labute approximate surface area is 191 Å². The maximum Gasteiger partial charge on any atom is 0.228 e. The lowest BCUT2D eigenvalue weighted by Crippen LogP contribution is -2.33. The van der Waals surface area contributed by atoms with E-state index in [1.165, 1.54) is 0 Å². The normalized spacial score (nSPS) is 19.2. The molecule has 7 nitrogen and oxygen atoms in total. The highest BCUT2D eigenvalue weighted by Gasteiger charge is 2.43. The zero-order valence-corrected chi connectivity index (χ0v) is 18.7. The number of benzene rings is 1. The summed E-state index contributed by atoms with van der Waals surface area (Å²) >= 11 is 0. The van der Waals surface area contributed by atoms with Gasteiger partial charge in [0.05, 0.1) is 5.56 Å². The zero-order chi connectivity index (χ0) is 22.7. The molecule has 0 N–H and O–H groups in total. The Bertz CT molecular complexity index is 1440. The van der Waals surface area contributed by atoms with Crippen LogP contribution in [-0.2, 0) is 4.79 Å². The second kappa shape index (κ2) is 7.07. The number of nitrogens with zero attached hydrogens (tertiary/aromatic N) is 5. The molecule has 7 heteroatoms. The van der Waals surface area contributed by atoms with Crippen LogP contribution in [0.1, 0.15) is 49.3 Å². The molecule has 1 aliphatic heterocycles. The molecule has 33 heavy (non-hydrogen) atoms. The van der Waals surface area contributed by atoms with Gasteiger partial charge in [0.15, 0.2) is 17.3 Å². The van der Waals surface area contributed by atoms with Crippen molar-refractivity contribution >= 4 is 11.4 Å². The van der Waals surface area contributed by atoms with Crippen molar-refractivity contribution in [2.45, 2.75) is 39.5 Å². The summed E-state index contributed by atoms with van der Waals surface area (Å²) in [6.07, 6.45) is 6.23. The van der Waals surface area contributed by atoms with E-state index in [1.54, 1.807) is 23.2 Å². The van der Waals surface area contributed by atoms with E-state index in [0.717, 1.165) is 28.0 Å². The molecule has 1 aromatic carbocycles. The molecule has 0 fully saturated rings. The van der Waals surface area contributed by atoms with Crippen LogP contribution in [0.15, 0.2) is 66.5 Å². The van der Waals surface area contributed by atoms with Crippen molar-refractivity contribution in [3.63, 3.8) is 0 Å². The van der Waals surface area contributed by atoms with Crippen molar-refractivity contribution in [1.29, 1.82) is 0 Å². The van der Waals surface area contributed by atoms with Crippen LogP contribution in [-0.4, -0.2) is 30.3 Å². The number of ether oxygens (including phenoxy) is 1. The fourth-order valence-corrected chi connectivity index (χ4v) is 4.86. The van der Waals surface area contributed by atoms with E-state index in [2.05, 4.69) is 60.1 Å². The van der Waals surface area contributed by atoms with Gasteiger partial charge in [-0.25, -0.2) is 14.5 Å². The zero-order valence-electron chi connectivity index (χ0n) is 18.7. The number of allylic oxidation sites excluding steroid dienone is 2. The van der Waals surface area contributed by atoms with Crippen LogP contribution in [0.2, 0.25) is 0 Å². The van der Waals surface area contributed by atoms with E-state index < -0.39 is 0 Å². The molecule has 4 aromatic rings. The molecule has 1 atom stereocenters. The van der Waals surface area contributed by atoms with Gasteiger partial charge in [0, 0.05) is 42.3 Å². The largest absolute Gasteiger partial charge is 0.442 e. The summed E-state index contributed by atoms with van der Waals surface area (Å²) in [5, 5.41) is 4.64. The smallest absolute Gasteiger partial charge is 0.228 e. The molecule has 0 bridgehead atoms. The second-order valence-electron chi connectivity index (χ2n) is 9.63. The monoisotopic (exact) mass is 437 g/mol. The van der Waals surface area contributed by atoms with E-state index >= 15 is 0 Å². The molecule has 0 saturated carbocycles. The van der Waals surface area contributed by atoms with Gasteiger partial charge in [0.25, 0.3) is 0 Å². The highest BCUT2D eigenvalue weighted by molar-refractivity contribution is 6.00. The fraction of sp³-hybridized carbons (Fsp3) is 0.269. The highest BCUT2D eigenvalue weighted by Crippen LogP contribution is 2.50. The Morgan fingerprint density at radius 1 is 1.06 bits per heavy atom. The summed E-state index contributed by atoms with van der Waals surface area (Å²) in [6, 6.07) is 12.0. The Morgan fingerprint density at radius 2 is 1.82 bits per heavy atom. The molecule has 1 aliphatic carbocycles. The van der Waals surface area contributed by atoms with Crippen molar-refractivity contribution in [2.24, 2.45) is 5.41 Å². The first kappa shape index (κ1) is 19.8. The first-order valence-electron chi connectivity index (χ1n) is 11.1. The molecule has 0 saturated heterocycles. The predicted molar refractivity (Wildman–Crippen MR) is 123 cm³/mol. The SMILES string of the molecule is Cc1ccc([C@H]2C3=C(CC(C)(C)CC3=O)Oc3ncn4nc(-c5ccncc5)nc4c32)cc1. The van der Waals surface area contributed by atoms with Gasteiger partial charge in [0.1, 0.15) is 12.1 Å². The fourth-order valence-electron chi connectivity index (χ4n) is 4.86. The highest BCUT2D eigenvalue weighted by atomic mass is 16.5. The molecular formula is C26H23N5O2. The third-order valence-electron chi connectivity index (χ3n) is 6.41. The third-order valence-corrected chi connectivity index (χ3v) is 6.41. The number of rotatable bonds is 2. The number of pyridine rings is 1. The minimum atomic E-state index is -0.307. The van der Waals surface area contributed by atoms with Crippen LogP contribution in [0.3, 0.4) is 0 Å². The van der Waals surface area contributed by atoms with Gasteiger partial charge in [-0.3, -0.25) is 9.78 Å². The molecule has 3 aromatic heterocycles. The van der Waals surface area contributed by atoms with Gasteiger partial charge < -0.3 is 4.74 Å². The minimum Gasteiger partial charge on any atom is -0.442 e.